The fraction of sp³-hybridized carbons (Fsp3) is 0.250. The first-order chi connectivity index (χ1) is 8.31. The van der Waals surface area contributed by atoms with Gasteiger partial charge in [-0.2, -0.15) is 0 Å². The van der Waals surface area contributed by atoms with Gasteiger partial charge in [0.05, 0.1) is 0 Å². The van der Waals surface area contributed by atoms with E-state index in [0.29, 0.717) is 6.04 Å². The van der Waals surface area contributed by atoms with Gasteiger partial charge in [-0.3, -0.25) is 0 Å². The fourth-order valence-corrected chi connectivity index (χ4v) is 2.63. The van der Waals surface area contributed by atoms with Crippen LogP contribution < -0.4 is 5.32 Å². The summed E-state index contributed by atoms with van der Waals surface area (Å²) < 4.78 is 0. The Morgan fingerprint density at radius 1 is 0.941 bits per heavy atom. The van der Waals surface area contributed by atoms with Gasteiger partial charge >= 0.3 is 0 Å². The molecule has 0 amide bonds. The number of anilines is 1. The molecular formula is C16H17N. The quantitative estimate of drug-likeness (QED) is 0.820. The molecule has 1 heteroatoms. The Morgan fingerprint density at radius 2 is 1.65 bits per heavy atom. The maximum atomic E-state index is 3.63. The second kappa shape index (κ2) is 4.25. The Balaban J connectivity index is 1.74. The summed E-state index contributed by atoms with van der Waals surface area (Å²) >= 11 is 0. The van der Waals surface area contributed by atoms with E-state index in [1.165, 1.54) is 22.4 Å². The van der Waals surface area contributed by atoms with Crippen LogP contribution in [0.2, 0.25) is 0 Å². The SMILES string of the molecule is Cc1cccc(NC2Cc3ccccc3C2)c1. The number of rotatable bonds is 2. The molecule has 0 bridgehead atoms. The van der Waals surface area contributed by atoms with Crippen LogP contribution in [-0.4, -0.2) is 6.04 Å². The molecule has 0 saturated carbocycles. The van der Waals surface area contributed by atoms with Crippen LogP contribution in [0.5, 0.6) is 0 Å². The number of hydrogen-bond acceptors (Lipinski definition) is 1. The van der Waals surface area contributed by atoms with Gasteiger partial charge in [-0.15, -0.1) is 0 Å². The fourth-order valence-electron chi connectivity index (χ4n) is 2.63. The van der Waals surface area contributed by atoms with Gasteiger partial charge in [0, 0.05) is 11.7 Å². The normalized spacial score (nSPS) is 14.6. The molecule has 0 spiro atoms. The van der Waals surface area contributed by atoms with Crippen molar-refractivity contribution >= 4 is 5.69 Å². The van der Waals surface area contributed by atoms with Crippen LogP contribution in [0.1, 0.15) is 16.7 Å². The molecule has 86 valence electrons. The summed E-state index contributed by atoms with van der Waals surface area (Å²) in [5.41, 5.74) is 5.55. The molecule has 0 aliphatic heterocycles. The third-order valence-electron chi connectivity index (χ3n) is 3.44. The van der Waals surface area contributed by atoms with Crippen LogP contribution in [0.25, 0.3) is 0 Å². The zero-order valence-electron chi connectivity index (χ0n) is 10.1. The number of aryl methyl sites for hydroxylation is 1. The van der Waals surface area contributed by atoms with E-state index in [1.807, 2.05) is 0 Å². The van der Waals surface area contributed by atoms with E-state index in [4.69, 9.17) is 0 Å². The van der Waals surface area contributed by atoms with E-state index in [9.17, 15) is 0 Å². The lowest BCUT2D eigenvalue weighted by atomic mass is 10.1. The lowest BCUT2D eigenvalue weighted by Crippen LogP contribution is -2.19. The molecule has 2 aromatic rings. The highest BCUT2D eigenvalue weighted by Gasteiger charge is 2.20. The summed E-state index contributed by atoms with van der Waals surface area (Å²) in [6.45, 7) is 2.13. The second-order valence-electron chi connectivity index (χ2n) is 4.89. The minimum absolute atomic E-state index is 0.550. The van der Waals surface area contributed by atoms with Crippen LogP contribution in [0.4, 0.5) is 5.69 Å². The maximum Gasteiger partial charge on any atom is 0.0345 e. The number of nitrogens with one attached hydrogen (secondary N) is 1. The summed E-state index contributed by atoms with van der Waals surface area (Å²) in [5.74, 6) is 0. The Morgan fingerprint density at radius 3 is 2.29 bits per heavy atom. The van der Waals surface area contributed by atoms with Crippen LogP contribution in [-0.2, 0) is 12.8 Å². The van der Waals surface area contributed by atoms with E-state index in [2.05, 4.69) is 60.8 Å². The summed E-state index contributed by atoms with van der Waals surface area (Å²) in [7, 11) is 0. The van der Waals surface area contributed by atoms with Gasteiger partial charge in [0.25, 0.3) is 0 Å². The van der Waals surface area contributed by atoms with Gasteiger partial charge in [0.1, 0.15) is 0 Å². The van der Waals surface area contributed by atoms with Crippen LogP contribution in [0, 0.1) is 6.92 Å². The Kier molecular flexibility index (Phi) is 2.60. The van der Waals surface area contributed by atoms with Crippen molar-refractivity contribution in [3.05, 3.63) is 65.2 Å². The van der Waals surface area contributed by atoms with Crippen LogP contribution in [0.15, 0.2) is 48.5 Å². The van der Waals surface area contributed by atoms with Gasteiger partial charge in [0.2, 0.25) is 0 Å². The molecule has 1 nitrogen and oxygen atoms in total. The van der Waals surface area contributed by atoms with Crippen molar-refractivity contribution in [1.29, 1.82) is 0 Å². The Hall–Kier alpha value is -1.76. The first-order valence-electron chi connectivity index (χ1n) is 6.21. The molecule has 0 aromatic heterocycles. The van der Waals surface area contributed by atoms with Crippen LogP contribution >= 0.6 is 0 Å². The number of benzene rings is 2. The predicted molar refractivity (Wildman–Crippen MR) is 72.4 cm³/mol. The number of hydrogen-bond donors (Lipinski definition) is 1. The van der Waals surface area contributed by atoms with Gasteiger partial charge < -0.3 is 5.32 Å². The molecule has 3 rings (SSSR count). The van der Waals surface area contributed by atoms with E-state index < -0.39 is 0 Å². The molecule has 1 aliphatic carbocycles. The molecule has 0 radical (unpaired) electrons. The monoisotopic (exact) mass is 223 g/mol. The Bertz CT molecular complexity index is 506. The van der Waals surface area contributed by atoms with E-state index >= 15 is 0 Å². The highest BCUT2D eigenvalue weighted by atomic mass is 14.9. The maximum absolute atomic E-state index is 3.63. The second-order valence-corrected chi connectivity index (χ2v) is 4.89. The largest absolute Gasteiger partial charge is 0.382 e. The summed E-state index contributed by atoms with van der Waals surface area (Å²) in [6.07, 6.45) is 2.29. The minimum atomic E-state index is 0.550. The van der Waals surface area contributed by atoms with E-state index in [1.54, 1.807) is 0 Å². The smallest absolute Gasteiger partial charge is 0.0345 e. The average molecular weight is 223 g/mol. The van der Waals surface area contributed by atoms with Crippen molar-refractivity contribution in [2.45, 2.75) is 25.8 Å². The molecule has 17 heavy (non-hydrogen) atoms. The molecule has 1 N–H and O–H groups in total. The zero-order valence-corrected chi connectivity index (χ0v) is 10.1. The lowest BCUT2D eigenvalue weighted by Gasteiger charge is -2.13. The van der Waals surface area contributed by atoms with Gasteiger partial charge in [-0.25, -0.2) is 0 Å². The molecular weight excluding hydrogens is 206 g/mol. The highest BCUT2D eigenvalue weighted by molar-refractivity contribution is 5.48. The molecule has 0 atom stereocenters. The van der Waals surface area contributed by atoms with E-state index in [-0.39, 0.29) is 0 Å². The third-order valence-corrected chi connectivity index (χ3v) is 3.44. The summed E-state index contributed by atoms with van der Waals surface area (Å²) in [5, 5.41) is 3.63. The van der Waals surface area contributed by atoms with Crippen molar-refractivity contribution in [1.82, 2.24) is 0 Å². The van der Waals surface area contributed by atoms with Crippen molar-refractivity contribution in [2.75, 3.05) is 5.32 Å². The molecule has 2 aromatic carbocycles. The highest BCUT2D eigenvalue weighted by Crippen LogP contribution is 2.24. The van der Waals surface area contributed by atoms with Gasteiger partial charge in [-0.05, 0) is 48.6 Å². The third kappa shape index (κ3) is 2.19. The molecule has 0 heterocycles. The lowest BCUT2D eigenvalue weighted by molar-refractivity contribution is 0.774. The minimum Gasteiger partial charge on any atom is -0.382 e. The Labute approximate surface area is 102 Å². The van der Waals surface area contributed by atoms with Crippen molar-refractivity contribution < 1.29 is 0 Å². The molecule has 0 unspecified atom stereocenters. The molecule has 0 fully saturated rings. The molecule has 1 aliphatic rings. The summed E-state index contributed by atoms with van der Waals surface area (Å²) in [4.78, 5) is 0. The van der Waals surface area contributed by atoms with Gasteiger partial charge in [-0.1, -0.05) is 36.4 Å². The van der Waals surface area contributed by atoms with Crippen molar-refractivity contribution in [2.24, 2.45) is 0 Å². The van der Waals surface area contributed by atoms with Gasteiger partial charge in [0.15, 0.2) is 0 Å². The average Bonchev–Trinajstić information content (AvgIpc) is 2.71. The first-order valence-corrected chi connectivity index (χ1v) is 6.21. The molecule has 0 saturated heterocycles. The zero-order chi connectivity index (χ0) is 11.7. The summed E-state index contributed by atoms with van der Waals surface area (Å²) in [6, 6.07) is 17.9. The van der Waals surface area contributed by atoms with Crippen molar-refractivity contribution in [3.8, 4) is 0 Å². The standard InChI is InChI=1S/C16H17N/c1-12-5-4-8-15(9-12)17-16-10-13-6-2-3-7-14(13)11-16/h2-9,16-17H,10-11H2,1H3. The first kappa shape index (κ1) is 10.4. The topological polar surface area (TPSA) is 12.0 Å². The predicted octanol–water partition coefficient (Wildman–Crippen LogP) is 3.57. The van der Waals surface area contributed by atoms with Crippen molar-refractivity contribution in [3.63, 3.8) is 0 Å². The van der Waals surface area contributed by atoms with Crippen LogP contribution in [0.3, 0.4) is 0 Å². The number of fused-ring (bicyclic) bond motifs is 1. The van der Waals surface area contributed by atoms with E-state index in [0.717, 1.165) is 12.8 Å².